The first-order valence-electron chi connectivity index (χ1n) is 8.30. The summed E-state index contributed by atoms with van der Waals surface area (Å²) < 4.78 is 2.47. The lowest BCUT2D eigenvalue weighted by Gasteiger charge is -2.18. The summed E-state index contributed by atoms with van der Waals surface area (Å²) >= 11 is 7.74. The molecular formula is C19H16ClN5OS. The van der Waals surface area contributed by atoms with Crippen molar-refractivity contribution in [3.8, 4) is 0 Å². The van der Waals surface area contributed by atoms with Gasteiger partial charge in [0, 0.05) is 19.4 Å². The number of thiazole rings is 1. The Labute approximate surface area is 165 Å². The zero-order valence-corrected chi connectivity index (χ0v) is 16.3. The van der Waals surface area contributed by atoms with E-state index < -0.39 is 0 Å². The first-order valence-corrected chi connectivity index (χ1v) is 9.49. The number of halogens is 1. The van der Waals surface area contributed by atoms with Gasteiger partial charge in [0.2, 0.25) is 0 Å². The fraction of sp³-hybridized carbons (Fsp3) is 0.158. The Bertz CT molecular complexity index is 1080. The third-order valence-corrected chi connectivity index (χ3v) is 5.68. The molecule has 1 aromatic carbocycles. The van der Waals surface area contributed by atoms with Gasteiger partial charge in [-0.25, -0.2) is 4.98 Å². The third kappa shape index (κ3) is 3.43. The van der Waals surface area contributed by atoms with Gasteiger partial charge in [-0.2, -0.15) is 5.10 Å². The quantitative estimate of drug-likeness (QED) is 0.516. The number of hydrogen-bond acceptors (Lipinski definition) is 5. The zero-order valence-electron chi connectivity index (χ0n) is 14.8. The Hall–Kier alpha value is -2.77. The molecule has 0 saturated heterocycles. The molecule has 4 rings (SSSR count). The maximum absolute atomic E-state index is 13.2. The van der Waals surface area contributed by atoms with Crippen LogP contribution in [0.3, 0.4) is 0 Å². The minimum atomic E-state index is -0.228. The molecule has 0 atom stereocenters. The Morgan fingerprint density at radius 1 is 1.26 bits per heavy atom. The van der Waals surface area contributed by atoms with Gasteiger partial charge in [0.05, 0.1) is 27.5 Å². The minimum Gasteiger partial charge on any atom is -0.276 e. The van der Waals surface area contributed by atoms with Gasteiger partial charge in [-0.1, -0.05) is 35.1 Å². The number of hydrogen-bond donors (Lipinski definition) is 0. The molecule has 4 aromatic rings. The predicted octanol–water partition coefficient (Wildman–Crippen LogP) is 4.23. The van der Waals surface area contributed by atoms with Crippen molar-refractivity contribution in [3.05, 3.63) is 70.8 Å². The van der Waals surface area contributed by atoms with Crippen LogP contribution in [0.1, 0.15) is 21.7 Å². The van der Waals surface area contributed by atoms with E-state index in [4.69, 9.17) is 16.6 Å². The number of fused-ring (bicyclic) bond motifs is 1. The van der Waals surface area contributed by atoms with Crippen molar-refractivity contribution < 1.29 is 4.79 Å². The summed E-state index contributed by atoms with van der Waals surface area (Å²) in [6, 6.07) is 11.1. The van der Waals surface area contributed by atoms with E-state index in [2.05, 4.69) is 10.1 Å². The van der Waals surface area contributed by atoms with E-state index in [0.717, 1.165) is 21.5 Å². The molecule has 3 aromatic heterocycles. The van der Waals surface area contributed by atoms with Crippen molar-refractivity contribution in [3.63, 3.8) is 0 Å². The van der Waals surface area contributed by atoms with Crippen LogP contribution in [0, 0.1) is 6.92 Å². The van der Waals surface area contributed by atoms with Gasteiger partial charge in [0.15, 0.2) is 10.8 Å². The van der Waals surface area contributed by atoms with E-state index in [0.29, 0.717) is 22.4 Å². The maximum atomic E-state index is 13.2. The first kappa shape index (κ1) is 17.6. The van der Waals surface area contributed by atoms with Crippen LogP contribution in [0.25, 0.3) is 10.2 Å². The van der Waals surface area contributed by atoms with Gasteiger partial charge in [0.25, 0.3) is 5.91 Å². The largest absolute Gasteiger partial charge is 0.280 e. The van der Waals surface area contributed by atoms with Crippen molar-refractivity contribution in [2.45, 2.75) is 13.5 Å². The molecule has 0 saturated carbocycles. The smallest absolute Gasteiger partial charge is 0.276 e. The van der Waals surface area contributed by atoms with E-state index in [1.165, 1.54) is 11.3 Å². The number of nitrogens with zero attached hydrogens (tertiary/aromatic N) is 5. The highest BCUT2D eigenvalue weighted by Gasteiger charge is 2.24. The number of carbonyl (C=O) groups excluding carboxylic acids is 1. The second-order valence-corrected chi connectivity index (χ2v) is 7.51. The highest BCUT2D eigenvalue weighted by molar-refractivity contribution is 7.23. The third-order valence-electron chi connectivity index (χ3n) is 4.14. The summed E-state index contributed by atoms with van der Waals surface area (Å²) in [5, 5.41) is 5.44. The molecular weight excluding hydrogens is 382 g/mol. The summed E-state index contributed by atoms with van der Waals surface area (Å²) in [6.07, 6.45) is 3.45. The average Bonchev–Trinajstić information content (AvgIpc) is 3.30. The average molecular weight is 398 g/mol. The van der Waals surface area contributed by atoms with Gasteiger partial charge in [-0.05, 0) is 36.8 Å². The van der Waals surface area contributed by atoms with Gasteiger partial charge in [0.1, 0.15) is 0 Å². The summed E-state index contributed by atoms with van der Waals surface area (Å²) in [5.74, 6) is -0.228. The van der Waals surface area contributed by atoms with Crippen LogP contribution in [0.5, 0.6) is 0 Å². The Kier molecular flexibility index (Phi) is 4.63. The number of benzene rings is 1. The molecule has 0 aliphatic carbocycles. The maximum Gasteiger partial charge on any atom is 0.280 e. The highest BCUT2D eigenvalue weighted by atomic mass is 35.5. The van der Waals surface area contributed by atoms with Crippen LogP contribution >= 0.6 is 22.9 Å². The lowest BCUT2D eigenvalue weighted by molar-refractivity contribution is 0.0979. The molecule has 3 heterocycles. The Balaban J connectivity index is 1.81. The first-order chi connectivity index (χ1) is 13.0. The molecule has 27 heavy (non-hydrogen) atoms. The van der Waals surface area contributed by atoms with E-state index in [1.54, 1.807) is 35.1 Å². The molecule has 0 spiro atoms. The van der Waals surface area contributed by atoms with Gasteiger partial charge >= 0.3 is 0 Å². The lowest BCUT2D eigenvalue weighted by Crippen LogP contribution is -2.31. The van der Waals surface area contributed by atoms with Crippen LogP contribution < -0.4 is 4.90 Å². The number of aromatic nitrogens is 4. The molecule has 0 fully saturated rings. The molecule has 0 unspecified atom stereocenters. The summed E-state index contributed by atoms with van der Waals surface area (Å²) in [6.45, 7) is 2.28. The molecule has 0 N–H and O–H groups in total. The number of carbonyl (C=O) groups is 1. The fourth-order valence-electron chi connectivity index (χ4n) is 2.75. The molecule has 1 amide bonds. The SMILES string of the molecule is Cc1ccc(Cl)c2sc(N(Cc3ccccn3)C(=O)c3ccn(C)n3)nc12. The zero-order chi connectivity index (χ0) is 19.0. The van der Waals surface area contributed by atoms with E-state index >= 15 is 0 Å². The number of aryl methyl sites for hydroxylation is 2. The molecule has 0 aliphatic rings. The van der Waals surface area contributed by atoms with Crippen LogP contribution in [-0.2, 0) is 13.6 Å². The second kappa shape index (κ2) is 7.09. The lowest BCUT2D eigenvalue weighted by atomic mass is 10.2. The highest BCUT2D eigenvalue weighted by Crippen LogP contribution is 2.36. The molecule has 136 valence electrons. The van der Waals surface area contributed by atoms with Crippen molar-refractivity contribution in [1.29, 1.82) is 0 Å². The normalized spacial score (nSPS) is 11.1. The van der Waals surface area contributed by atoms with Crippen molar-refractivity contribution in [2.75, 3.05) is 4.90 Å². The number of amides is 1. The summed E-state index contributed by atoms with van der Waals surface area (Å²) in [5.41, 5.74) is 2.95. The standard InChI is InChI=1S/C19H16ClN5OS/c1-12-6-7-14(20)17-16(12)22-19(27-17)25(11-13-5-3-4-9-21-13)18(26)15-8-10-24(2)23-15/h3-10H,11H2,1-2H3. The fourth-order valence-corrected chi connectivity index (χ4v) is 4.07. The van der Waals surface area contributed by atoms with Crippen molar-refractivity contribution >= 4 is 44.2 Å². The molecule has 8 heteroatoms. The predicted molar refractivity (Wildman–Crippen MR) is 107 cm³/mol. The Morgan fingerprint density at radius 2 is 2.11 bits per heavy atom. The number of anilines is 1. The monoisotopic (exact) mass is 397 g/mol. The second-order valence-electron chi connectivity index (χ2n) is 6.13. The number of pyridine rings is 1. The summed E-state index contributed by atoms with van der Waals surface area (Å²) in [4.78, 5) is 23.8. The summed E-state index contributed by atoms with van der Waals surface area (Å²) in [7, 11) is 1.78. The molecule has 0 radical (unpaired) electrons. The van der Waals surface area contributed by atoms with E-state index in [9.17, 15) is 4.79 Å². The van der Waals surface area contributed by atoms with Gasteiger partial charge < -0.3 is 0 Å². The Morgan fingerprint density at radius 3 is 2.78 bits per heavy atom. The van der Waals surface area contributed by atoms with Gasteiger partial charge in [-0.3, -0.25) is 19.4 Å². The van der Waals surface area contributed by atoms with Crippen LogP contribution in [0.15, 0.2) is 48.8 Å². The van der Waals surface area contributed by atoms with E-state index in [-0.39, 0.29) is 5.91 Å². The van der Waals surface area contributed by atoms with E-state index in [1.807, 2.05) is 37.3 Å². The van der Waals surface area contributed by atoms with Crippen LogP contribution in [-0.4, -0.2) is 25.7 Å². The molecule has 0 aliphatic heterocycles. The van der Waals surface area contributed by atoms with Crippen LogP contribution in [0.2, 0.25) is 5.02 Å². The number of rotatable bonds is 4. The van der Waals surface area contributed by atoms with Gasteiger partial charge in [-0.15, -0.1) is 0 Å². The van der Waals surface area contributed by atoms with Crippen molar-refractivity contribution in [2.24, 2.45) is 7.05 Å². The molecule has 0 bridgehead atoms. The van der Waals surface area contributed by atoms with Crippen molar-refractivity contribution in [1.82, 2.24) is 19.7 Å². The molecule has 6 nitrogen and oxygen atoms in total. The minimum absolute atomic E-state index is 0.228. The van der Waals surface area contributed by atoms with Crippen LogP contribution in [0.4, 0.5) is 5.13 Å². The topological polar surface area (TPSA) is 63.9 Å².